The fourth-order valence-corrected chi connectivity index (χ4v) is 4.65. The van der Waals surface area contributed by atoms with E-state index in [2.05, 4.69) is 0 Å². The topological polar surface area (TPSA) is 59.8 Å². The summed E-state index contributed by atoms with van der Waals surface area (Å²) in [6.07, 6.45) is 4.49. The highest BCUT2D eigenvalue weighted by Crippen LogP contribution is 2.43. The average Bonchev–Trinajstić information content (AvgIpc) is 3.31. The number of carbonyl (C=O) groups excluding carboxylic acids is 1. The summed E-state index contributed by atoms with van der Waals surface area (Å²) in [5.74, 6) is 1.20. The lowest BCUT2D eigenvalue weighted by atomic mass is 9.77. The van der Waals surface area contributed by atoms with Crippen molar-refractivity contribution in [2.45, 2.75) is 50.5 Å². The molecule has 0 bridgehead atoms. The fraction of sp³-hybridized carbons (Fsp3) is 0.455. The number of benzene rings is 1. The number of nitrogens with zero attached hydrogens (tertiary/aromatic N) is 1. The van der Waals surface area contributed by atoms with Crippen LogP contribution in [-0.2, 0) is 10.2 Å². The Morgan fingerprint density at radius 2 is 1.93 bits per heavy atom. The van der Waals surface area contributed by atoms with Crippen molar-refractivity contribution in [2.24, 2.45) is 0 Å². The molecule has 2 fully saturated rings. The second-order valence-electron chi connectivity index (χ2n) is 7.80. The smallest absolute Gasteiger partial charge is 0.339 e. The van der Waals surface area contributed by atoms with Crippen LogP contribution in [-0.4, -0.2) is 30.0 Å². The molecule has 0 spiro atoms. The summed E-state index contributed by atoms with van der Waals surface area (Å²) < 4.78 is 10.9. The van der Waals surface area contributed by atoms with E-state index in [-0.39, 0.29) is 12.0 Å². The Labute approximate surface area is 169 Å². The lowest BCUT2D eigenvalue weighted by Crippen LogP contribution is -2.45. The van der Waals surface area contributed by atoms with E-state index in [4.69, 9.17) is 20.8 Å². The maximum absolute atomic E-state index is 13.5. The summed E-state index contributed by atoms with van der Waals surface area (Å²) in [5.41, 5.74) is 0.179. The van der Waals surface area contributed by atoms with Crippen molar-refractivity contribution >= 4 is 17.5 Å². The van der Waals surface area contributed by atoms with Crippen LogP contribution in [0.15, 0.2) is 45.6 Å². The number of amides is 1. The normalized spacial score (nSPS) is 21.1. The lowest BCUT2D eigenvalue weighted by Gasteiger charge is -2.33. The van der Waals surface area contributed by atoms with Crippen LogP contribution in [0.4, 0.5) is 0 Å². The number of ether oxygens (including phenoxy) is 1. The second kappa shape index (κ2) is 7.63. The molecule has 0 N–H and O–H groups in total. The number of hydrogen-bond donors (Lipinski definition) is 0. The predicted octanol–water partition coefficient (Wildman–Crippen LogP) is 4.09. The zero-order valence-corrected chi connectivity index (χ0v) is 16.7. The van der Waals surface area contributed by atoms with Crippen molar-refractivity contribution in [2.75, 3.05) is 13.1 Å². The number of rotatable bonds is 4. The lowest BCUT2D eigenvalue weighted by molar-refractivity contribution is -0.136. The molecule has 1 atom stereocenters. The Hall–Kier alpha value is -2.27. The van der Waals surface area contributed by atoms with Gasteiger partial charge >= 0.3 is 5.63 Å². The van der Waals surface area contributed by atoms with E-state index in [1.807, 2.05) is 29.2 Å². The van der Waals surface area contributed by atoms with Crippen LogP contribution in [0, 0.1) is 6.92 Å². The van der Waals surface area contributed by atoms with Crippen molar-refractivity contribution < 1.29 is 13.9 Å². The van der Waals surface area contributed by atoms with Crippen LogP contribution in [0.5, 0.6) is 5.75 Å². The van der Waals surface area contributed by atoms with Gasteiger partial charge in [-0.2, -0.15) is 0 Å². The Morgan fingerprint density at radius 3 is 2.61 bits per heavy atom. The Balaban J connectivity index is 1.50. The minimum atomic E-state index is -0.454. The number of hydrogen-bond acceptors (Lipinski definition) is 4. The first-order valence-corrected chi connectivity index (χ1v) is 10.2. The van der Waals surface area contributed by atoms with Crippen LogP contribution in [0.2, 0.25) is 5.02 Å². The molecule has 1 aromatic heterocycles. The zero-order valence-electron chi connectivity index (χ0n) is 15.9. The fourth-order valence-electron chi connectivity index (χ4n) is 4.52. The van der Waals surface area contributed by atoms with E-state index in [0.717, 1.165) is 37.7 Å². The van der Waals surface area contributed by atoms with Crippen LogP contribution in [0.1, 0.15) is 43.4 Å². The van der Waals surface area contributed by atoms with E-state index in [9.17, 15) is 9.59 Å². The average molecular weight is 402 g/mol. The van der Waals surface area contributed by atoms with Crippen LogP contribution in [0.3, 0.4) is 0 Å². The van der Waals surface area contributed by atoms with Gasteiger partial charge in [-0.25, -0.2) is 4.79 Å². The molecule has 6 heteroatoms. The van der Waals surface area contributed by atoms with Gasteiger partial charge in [-0.05, 0) is 37.5 Å². The molecule has 0 unspecified atom stereocenters. The number of carbonyl (C=O) groups is 1. The van der Waals surface area contributed by atoms with Gasteiger partial charge in [0.05, 0.1) is 18.0 Å². The molecule has 2 aromatic rings. The van der Waals surface area contributed by atoms with Gasteiger partial charge in [0.2, 0.25) is 5.91 Å². The van der Waals surface area contributed by atoms with E-state index >= 15 is 0 Å². The highest BCUT2D eigenvalue weighted by Gasteiger charge is 2.46. The van der Waals surface area contributed by atoms with Gasteiger partial charge in [0.25, 0.3) is 0 Å². The molecule has 148 valence electrons. The highest BCUT2D eigenvalue weighted by atomic mass is 35.5. The van der Waals surface area contributed by atoms with Crippen molar-refractivity contribution in [3.8, 4) is 5.75 Å². The largest absolute Gasteiger partial charge is 0.488 e. The number of likely N-dealkylation sites (tertiary alicyclic amines) is 1. The van der Waals surface area contributed by atoms with Crippen molar-refractivity contribution in [1.29, 1.82) is 0 Å². The molecule has 1 aliphatic carbocycles. The number of halogens is 1. The summed E-state index contributed by atoms with van der Waals surface area (Å²) >= 11 is 6.05. The molecule has 1 saturated heterocycles. The SMILES string of the molecule is Cc1cc(O[C@@H]2CCN(C(=O)C3(c4ccc(Cl)cc4)CCCC3)C2)cc(=O)o1. The first-order valence-electron chi connectivity index (χ1n) is 9.80. The van der Waals surface area contributed by atoms with E-state index in [1.54, 1.807) is 13.0 Å². The predicted molar refractivity (Wildman–Crippen MR) is 107 cm³/mol. The Bertz CT molecular complexity index is 915. The molecule has 1 aromatic carbocycles. The summed E-state index contributed by atoms with van der Waals surface area (Å²) in [7, 11) is 0. The van der Waals surface area contributed by atoms with Gasteiger partial charge in [-0.3, -0.25) is 4.79 Å². The zero-order chi connectivity index (χ0) is 19.7. The van der Waals surface area contributed by atoms with Crippen molar-refractivity contribution in [3.63, 3.8) is 0 Å². The minimum absolute atomic E-state index is 0.117. The third-order valence-corrected chi connectivity index (χ3v) is 6.12. The molecule has 5 nitrogen and oxygen atoms in total. The first-order chi connectivity index (χ1) is 13.5. The molecule has 0 radical (unpaired) electrons. The highest BCUT2D eigenvalue weighted by molar-refractivity contribution is 6.30. The summed E-state index contributed by atoms with van der Waals surface area (Å²) in [5, 5.41) is 0.682. The van der Waals surface area contributed by atoms with Crippen molar-refractivity contribution in [3.05, 3.63) is 63.2 Å². The van der Waals surface area contributed by atoms with Gasteiger partial charge < -0.3 is 14.1 Å². The maximum atomic E-state index is 13.5. The minimum Gasteiger partial charge on any atom is -0.488 e. The monoisotopic (exact) mass is 401 g/mol. The quantitative estimate of drug-likeness (QED) is 0.774. The summed E-state index contributed by atoms with van der Waals surface area (Å²) in [6, 6.07) is 10.8. The summed E-state index contributed by atoms with van der Waals surface area (Å²) in [4.78, 5) is 27.0. The van der Waals surface area contributed by atoms with E-state index < -0.39 is 11.0 Å². The Kier molecular flexibility index (Phi) is 5.19. The van der Waals surface area contributed by atoms with Gasteiger partial charge in [0, 0.05) is 24.1 Å². The molecule has 1 saturated carbocycles. The number of aryl methyl sites for hydroxylation is 1. The standard InChI is InChI=1S/C22H24ClNO4/c1-15-12-19(13-20(25)27-15)28-18-8-11-24(14-18)21(26)22(9-2-3-10-22)16-4-6-17(23)7-5-16/h4-7,12-13,18H,2-3,8-11,14H2,1H3/t18-/m1/s1. The van der Waals surface area contributed by atoms with Crippen LogP contribution in [0.25, 0.3) is 0 Å². The van der Waals surface area contributed by atoms with E-state index in [0.29, 0.717) is 29.6 Å². The van der Waals surface area contributed by atoms with Gasteiger partial charge in [0.1, 0.15) is 17.6 Å². The van der Waals surface area contributed by atoms with Crippen LogP contribution < -0.4 is 10.4 Å². The Morgan fingerprint density at radius 1 is 1.21 bits per heavy atom. The van der Waals surface area contributed by atoms with Gasteiger partial charge in [0.15, 0.2) is 0 Å². The third kappa shape index (κ3) is 3.68. The molecule has 4 rings (SSSR count). The van der Waals surface area contributed by atoms with Gasteiger partial charge in [-0.1, -0.05) is 36.6 Å². The van der Waals surface area contributed by atoms with Gasteiger partial charge in [-0.15, -0.1) is 0 Å². The molecular formula is C22H24ClNO4. The second-order valence-corrected chi connectivity index (χ2v) is 8.24. The first kappa shape index (κ1) is 19.1. The summed E-state index contributed by atoms with van der Waals surface area (Å²) in [6.45, 7) is 2.92. The van der Waals surface area contributed by atoms with Crippen LogP contribution >= 0.6 is 11.6 Å². The third-order valence-electron chi connectivity index (χ3n) is 5.87. The molecule has 28 heavy (non-hydrogen) atoms. The maximum Gasteiger partial charge on any atom is 0.339 e. The molecule has 2 heterocycles. The molecule has 1 amide bonds. The van der Waals surface area contributed by atoms with Crippen molar-refractivity contribution in [1.82, 2.24) is 4.90 Å². The molecular weight excluding hydrogens is 378 g/mol. The van der Waals surface area contributed by atoms with E-state index in [1.165, 1.54) is 6.07 Å². The molecule has 1 aliphatic heterocycles. The molecule has 2 aliphatic rings.